The summed E-state index contributed by atoms with van der Waals surface area (Å²) in [6, 6.07) is 7.63. The fraction of sp³-hybridized carbons (Fsp3) is 0.417. The van der Waals surface area contributed by atoms with Gasteiger partial charge >= 0.3 is 6.18 Å². The number of ether oxygens (including phenoxy) is 1. The van der Waals surface area contributed by atoms with Crippen LogP contribution < -0.4 is 0 Å². The molecule has 31 heavy (non-hydrogen) atoms. The standard InChI is InChI=1S/C24H24F4O3/c1-6-13-11-14(15-8-10-18(25)17(12-15)24(26,27)28)7-9-16(13)19-20(29)22(2,3)31-23(4,5)21(19)30/h7-12,19H,6H2,1-5H3. The van der Waals surface area contributed by atoms with E-state index in [1.165, 1.54) is 6.07 Å². The number of carbonyl (C=O) groups excluding carboxylic acids is 2. The van der Waals surface area contributed by atoms with Crippen molar-refractivity contribution in [3.63, 3.8) is 0 Å². The monoisotopic (exact) mass is 436 g/mol. The molecule has 0 bridgehead atoms. The van der Waals surface area contributed by atoms with E-state index in [0.29, 0.717) is 23.1 Å². The first-order valence-corrected chi connectivity index (χ1v) is 9.98. The highest BCUT2D eigenvalue weighted by molar-refractivity contribution is 6.15. The third-order valence-corrected chi connectivity index (χ3v) is 5.66. The zero-order valence-electron chi connectivity index (χ0n) is 18.0. The quantitative estimate of drug-likeness (QED) is 0.446. The van der Waals surface area contributed by atoms with Gasteiger partial charge in [0.15, 0.2) is 11.6 Å². The van der Waals surface area contributed by atoms with Crippen LogP contribution in [0.3, 0.4) is 0 Å². The number of alkyl halides is 3. The number of hydrogen-bond acceptors (Lipinski definition) is 3. The summed E-state index contributed by atoms with van der Waals surface area (Å²) in [6.45, 7) is 8.31. The minimum absolute atomic E-state index is 0.195. The van der Waals surface area contributed by atoms with Crippen LogP contribution in [0.1, 0.15) is 57.2 Å². The van der Waals surface area contributed by atoms with Gasteiger partial charge in [0.1, 0.15) is 22.9 Å². The molecular formula is C24H24F4O3. The second-order valence-corrected chi connectivity index (χ2v) is 8.74. The number of rotatable bonds is 3. The topological polar surface area (TPSA) is 43.4 Å². The molecule has 2 aromatic rings. The zero-order chi connectivity index (χ0) is 23.4. The predicted molar refractivity (Wildman–Crippen MR) is 108 cm³/mol. The van der Waals surface area contributed by atoms with E-state index in [-0.39, 0.29) is 17.1 Å². The van der Waals surface area contributed by atoms with Crippen molar-refractivity contribution in [2.45, 2.75) is 64.3 Å². The molecule has 1 heterocycles. The molecule has 1 aliphatic heterocycles. The van der Waals surface area contributed by atoms with E-state index in [0.717, 1.165) is 12.1 Å². The Bertz CT molecular complexity index is 1030. The molecule has 0 N–H and O–H groups in total. The maximum Gasteiger partial charge on any atom is 0.419 e. The van der Waals surface area contributed by atoms with Crippen LogP contribution in [0.2, 0.25) is 0 Å². The SMILES string of the molecule is CCc1cc(-c2ccc(F)c(C(F)(F)F)c2)ccc1C1C(=O)C(C)(C)OC(C)(C)C1=O. The summed E-state index contributed by atoms with van der Waals surface area (Å²) in [5.41, 5.74) is -1.85. The lowest BCUT2D eigenvalue weighted by Gasteiger charge is -2.43. The van der Waals surface area contributed by atoms with Gasteiger partial charge in [-0.1, -0.05) is 31.2 Å². The first-order chi connectivity index (χ1) is 14.2. The van der Waals surface area contributed by atoms with Gasteiger partial charge in [-0.15, -0.1) is 0 Å². The smallest absolute Gasteiger partial charge is 0.354 e. The van der Waals surface area contributed by atoms with E-state index in [1.807, 2.05) is 6.92 Å². The summed E-state index contributed by atoms with van der Waals surface area (Å²) in [6.07, 6.45) is -4.36. The van der Waals surface area contributed by atoms with Gasteiger partial charge in [0.05, 0.1) is 5.56 Å². The molecule has 0 radical (unpaired) electrons. The molecule has 2 aromatic carbocycles. The molecular weight excluding hydrogens is 412 g/mol. The van der Waals surface area contributed by atoms with Crippen LogP contribution in [0.25, 0.3) is 11.1 Å². The predicted octanol–water partition coefficient (Wildman–Crippen LogP) is 5.88. The van der Waals surface area contributed by atoms with E-state index in [9.17, 15) is 27.2 Å². The summed E-state index contributed by atoms with van der Waals surface area (Å²) in [5, 5.41) is 0. The molecule has 1 aliphatic rings. The minimum atomic E-state index is -4.81. The fourth-order valence-electron chi connectivity index (χ4n) is 4.13. The van der Waals surface area contributed by atoms with Crippen molar-refractivity contribution in [2.75, 3.05) is 0 Å². The minimum Gasteiger partial charge on any atom is -0.354 e. The number of ketones is 2. The van der Waals surface area contributed by atoms with Gasteiger partial charge in [0, 0.05) is 0 Å². The Hall–Kier alpha value is -2.54. The van der Waals surface area contributed by atoms with Crippen molar-refractivity contribution < 1.29 is 31.9 Å². The van der Waals surface area contributed by atoms with E-state index < -0.39 is 34.7 Å². The van der Waals surface area contributed by atoms with E-state index in [1.54, 1.807) is 45.9 Å². The number of carbonyl (C=O) groups is 2. The summed E-state index contributed by atoms with van der Waals surface area (Å²) >= 11 is 0. The van der Waals surface area contributed by atoms with E-state index in [4.69, 9.17) is 4.74 Å². The highest BCUT2D eigenvalue weighted by atomic mass is 19.4. The Labute approximate surface area is 178 Å². The Kier molecular flexibility index (Phi) is 5.63. The van der Waals surface area contributed by atoms with Crippen LogP contribution in [-0.4, -0.2) is 22.8 Å². The van der Waals surface area contributed by atoms with Crippen LogP contribution in [0.5, 0.6) is 0 Å². The van der Waals surface area contributed by atoms with E-state index >= 15 is 0 Å². The molecule has 166 valence electrons. The molecule has 0 atom stereocenters. The largest absolute Gasteiger partial charge is 0.419 e. The second kappa shape index (κ2) is 7.55. The van der Waals surface area contributed by atoms with Crippen molar-refractivity contribution in [3.05, 3.63) is 58.9 Å². The van der Waals surface area contributed by atoms with Gasteiger partial charge < -0.3 is 4.74 Å². The van der Waals surface area contributed by atoms with Crippen LogP contribution >= 0.6 is 0 Å². The number of hydrogen-bond donors (Lipinski definition) is 0. The summed E-state index contributed by atoms with van der Waals surface area (Å²) in [4.78, 5) is 26.1. The van der Waals surface area contributed by atoms with Gasteiger partial charge in [-0.05, 0) is 68.5 Å². The Balaban J connectivity index is 2.11. The average molecular weight is 436 g/mol. The Morgan fingerprint density at radius 2 is 1.42 bits per heavy atom. The van der Waals surface area contributed by atoms with Crippen LogP contribution in [0, 0.1) is 5.82 Å². The molecule has 0 saturated carbocycles. The van der Waals surface area contributed by atoms with Gasteiger partial charge in [-0.25, -0.2) is 4.39 Å². The molecule has 7 heteroatoms. The van der Waals surface area contributed by atoms with Crippen molar-refractivity contribution >= 4 is 11.6 Å². The lowest BCUT2D eigenvalue weighted by Crippen LogP contribution is -2.58. The van der Waals surface area contributed by atoms with Crippen molar-refractivity contribution in [1.29, 1.82) is 0 Å². The first kappa shape index (κ1) is 23.1. The highest BCUT2D eigenvalue weighted by Crippen LogP contribution is 2.41. The van der Waals surface area contributed by atoms with Gasteiger partial charge in [0.2, 0.25) is 0 Å². The van der Waals surface area contributed by atoms with Crippen LogP contribution in [0.15, 0.2) is 36.4 Å². The lowest BCUT2D eigenvalue weighted by molar-refractivity contribution is -0.184. The molecule has 0 amide bonds. The fourth-order valence-corrected chi connectivity index (χ4v) is 4.13. The molecule has 3 rings (SSSR count). The highest BCUT2D eigenvalue weighted by Gasteiger charge is 2.53. The third-order valence-electron chi connectivity index (χ3n) is 5.66. The van der Waals surface area contributed by atoms with Crippen molar-refractivity contribution in [2.24, 2.45) is 0 Å². The Morgan fingerprint density at radius 3 is 1.94 bits per heavy atom. The second-order valence-electron chi connectivity index (χ2n) is 8.74. The molecule has 0 unspecified atom stereocenters. The third kappa shape index (κ3) is 4.15. The molecule has 1 saturated heterocycles. The summed E-state index contributed by atoms with van der Waals surface area (Å²) in [7, 11) is 0. The normalized spacial score (nSPS) is 19.0. The molecule has 0 aromatic heterocycles. The number of halogens is 4. The maximum atomic E-state index is 13.7. The van der Waals surface area contributed by atoms with Gasteiger partial charge in [-0.3, -0.25) is 9.59 Å². The summed E-state index contributed by atoms with van der Waals surface area (Å²) < 4.78 is 58.7. The van der Waals surface area contributed by atoms with Gasteiger partial charge in [-0.2, -0.15) is 13.2 Å². The van der Waals surface area contributed by atoms with E-state index in [2.05, 4.69) is 0 Å². The van der Waals surface area contributed by atoms with Crippen molar-refractivity contribution in [1.82, 2.24) is 0 Å². The van der Waals surface area contributed by atoms with Crippen molar-refractivity contribution in [3.8, 4) is 11.1 Å². The average Bonchev–Trinajstić information content (AvgIpc) is 2.66. The number of Topliss-reactive ketones (excluding diaryl/α,β-unsaturated/α-hetero) is 2. The Morgan fingerprint density at radius 1 is 0.903 bits per heavy atom. The molecule has 0 aliphatic carbocycles. The lowest BCUT2D eigenvalue weighted by atomic mass is 9.73. The van der Waals surface area contributed by atoms with Crippen LogP contribution in [0.4, 0.5) is 17.6 Å². The molecule has 3 nitrogen and oxygen atoms in total. The molecule has 1 fully saturated rings. The maximum absolute atomic E-state index is 13.7. The summed E-state index contributed by atoms with van der Waals surface area (Å²) in [5.74, 6) is -3.09. The van der Waals surface area contributed by atoms with Gasteiger partial charge in [0.25, 0.3) is 0 Å². The zero-order valence-corrected chi connectivity index (χ0v) is 18.0. The number of aryl methyl sites for hydroxylation is 1. The first-order valence-electron chi connectivity index (χ1n) is 9.98. The number of benzene rings is 2. The molecule has 0 spiro atoms. The van der Waals surface area contributed by atoms with Crippen LogP contribution in [-0.2, 0) is 26.9 Å².